The van der Waals surface area contributed by atoms with E-state index in [0.29, 0.717) is 22.0 Å². The number of esters is 1. The summed E-state index contributed by atoms with van der Waals surface area (Å²) in [6.07, 6.45) is 0.900. The molecule has 1 N–H and O–H groups in total. The van der Waals surface area contributed by atoms with E-state index in [1.165, 1.54) is 16.0 Å². The van der Waals surface area contributed by atoms with Crippen LogP contribution in [-0.4, -0.2) is 61.4 Å². The molecule has 0 aliphatic carbocycles. The zero-order valence-corrected chi connectivity index (χ0v) is 18.6. The maximum Gasteiger partial charge on any atom is 0.341 e. The van der Waals surface area contributed by atoms with E-state index in [9.17, 15) is 14.4 Å². The van der Waals surface area contributed by atoms with Gasteiger partial charge >= 0.3 is 5.97 Å². The van der Waals surface area contributed by atoms with E-state index in [2.05, 4.69) is 22.3 Å². The first-order chi connectivity index (χ1) is 14.3. The highest BCUT2D eigenvalue weighted by atomic mass is 32.1. The van der Waals surface area contributed by atoms with Crippen LogP contribution >= 0.6 is 11.3 Å². The number of thiophene rings is 1. The lowest BCUT2D eigenvalue weighted by Gasteiger charge is -2.28. The molecule has 3 rings (SSSR count). The number of ether oxygens (including phenoxy) is 1. The molecular weight excluding hydrogens is 402 g/mol. The monoisotopic (exact) mass is 429 g/mol. The van der Waals surface area contributed by atoms with Crippen molar-refractivity contribution < 1.29 is 19.1 Å². The lowest BCUT2D eigenvalue weighted by Crippen LogP contribution is -2.37. The van der Waals surface area contributed by atoms with Gasteiger partial charge in [-0.15, -0.1) is 11.3 Å². The number of nitrogens with zero attached hydrogens (tertiary/aromatic N) is 2. The van der Waals surface area contributed by atoms with Crippen LogP contribution in [0.5, 0.6) is 0 Å². The van der Waals surface area contributed by atoms with Crippen molar-refractivity contribution in [3.63, 3.8) is 0 Å². The van der Waals surface area contributed by atoms with Crippen LogP contribution in [0.15, 0.2) is 24.3 Å². The quantitative estimate of drug-likeness (QED) is 0.715. The Morgan fingerprint density at radius 1 is 1.20 bits per heavy atom. The van der Waals surface area contributed by atoms with Crippen molar-refractivity contribution in [1.82, 2.24) is 9.80 Å². The lowest BCUT2D eigenvalue weighted by atomic mass is 10.00. The molecule has 0 bridgehead atoms. The number of rotatable bonds is 6. The van der Waals surface area contributed by atoms with Gasteiger partial charge in [0.1, 0.15) is 5.00 Å². The minimum Gasteiger partial charge on any atom is -0.462 e. The van der Waals surface area contributed by atoms with Gasteiger partial charge in [-0.25, -0.2) is 4.79 Å². The first-order valence-corrected chi connectivity index (χ1v) is 10.7. The number of anilines is 1. The molecule has 2 heterocycles. The van der Waals surface area contributed by atoms with Crippen molar-refractivity contribution >= 4 is 34.1 Å². The van der Waals surface area contributed by atoms with Crippen molar-refractivity contribution in [3.05, 3.63) is 51.4 Å². The molecule has 1 aromatic heterocycles. The molecule has 1 aliphatic heterocycles. The van der Waals surface area contributed by atoms with E-state index < -0.39 is 5.97 Å². The highest BCUT2D eigenvalue weighted by molar-refractivity contribution is 7.18. The lowest BCUT2D eigenvalue weighted by molar-refractivity contribution is -0.117. The van der Waals surface area contributed by atoms with Gasteiger partial charge in [0.25, 0.3) is 5.91 Å². The van der Waals surface area contributed by atoms with Crippen molar-refractivity contribution in [2.45, 2.75) is 26.8 Å². The number of carbonyl (C=O) groups excluding carboxylic acids is 3. The fourth-order valence-corrected chi connectivity index (χ4v) is 4.75. The zero-order valence-electron chi connectivity index (χ0n) is 17.8. The number of fused-ring (bicyclic) bond motifs is 1. The first kappa shape index (κ1) is 22.0. The predicted molar refractivity (Wildman–Crippen MR) is 117 cm³/mol. The van der Waals surface area contributed by atoms with E-state index in [1.54, 1.807) is 27.9 Å². The molecule has 0 atom stereocenters. The summed E-state index contributed by atoms with van der Waals surface area (Å²) in [5, 5.41) is 3.20. The third-order valence-corrected chi connectivity index (χ3v) is 6.25. The maximum absolute atomic E-state index is 12.8. The molecule has 0 radical (unpaired) electrons. The molecule has 1 aliphatic rings. The normalized spacial score (nSPS) is 13.5. The van der Waals surface area contributed by atoms with Gasteiger partial charge in [-0.1, -0.05) is 24.3 Å². The first-order valence-electron chi connectivity index (χ1n) is 9.93. The summed E-state index contributed by atoms with van der Waals surface area (Å²) in [6, 6.07) is 8.24. The molecular formula is C22H27N3O4S. The Bertz CT molecular complexity index is 967. The number of hydrogen-bond acceptors (Lipinski definition) is 6. The third-order valence-electron chi connectivity index (χ3n) is 5.06. The van der Waals surface area contributed by atoms with Crippen molar-refractivity contribution in [1.29, 1.82) is 0 Å². The summed E-state index contributed by atoms with van der Waals surface area (Å²) in [4.78, 5) is 41.7. The van der Waals surface area contributed by atoms with Gasteiger partial charge < -0.3 is 15.0 Å². The Kier molecular flexibility index (Phi) is 6.89. The number of nitrogens with one attached hydrogen (secondary N) is 1. The van der Waals surface area contributed by atoms with Crippen LogP contribution in [-0.2, 0) is 22.5 Å². The minimum absolute atomic E-state index is 0.212. The second kappa shape index (κ2) is 9.40. The number of amides is 2. The molecule has 0 spiro atoms. The van der Waals surface area contributed by atoms with Crippen molar-refractivity contribution in [2.24, 2.45) is 0 Å². The standard InChI is InChI=1S/C22H27N3O4S/c1-5-29-22(28)18-14(2)19(21(27)24(3)4)30-20(18)23-17(26)13-25-11-10-15-8-6-7-9-16(15)12-25/h6-9H,5,10-13H2,1-4H3,(H,23,26). The van der Waals surface area contributed by atoms with Gasteiger partial charge in [-0.3, -0.25) is 14.5 Å². The SMILES string of the molecule is CCOC(=O)c1c(NC(=O)CN2CCc3ccccc3C2)sc(C(=O)N(C)C)c1C. The average Bonchev–Trinajstić information content (AvgIpc) is 3.02. The average molecular weight is 430 g/mol. The third kappa shape index (κ3) is 4.71. The molecule has 30 heavy (non-hydrogen) atoms. The van der Waals surface area contributed by atoms with E-state index in [0.717, 1.165) is 24.3 Å². The smallest absolute Gasteiger partial charge is 0.341 e. The molecule has 0 saturated heterocycles. The van der Waals surface area contributed by atoms with E-state index in [-0.39, 0.29) is 30.5 Å². The highest BCUT2D eigenvalue weighted by Crippen LogP contribution is 2.34. The summed E-state index contributed by atoms with van der Waals surface area (Å²) in [7, 11) is 3.30. The summed E-state index contributed by atoms with van der Waals surface area (Å²) in [5.41, 5.74) is 3.33. The Morgan fingerprint density at radius 2 is 1.90 bits per heavy atom. The number of carbonyl (C=O) groups is 3. The van der Waals surface area contributed by atoms with Crippen LogP contribution in [0.25, 0.3) is 0 Å². The fourth-order valence-electron chi connectivity index (χ4n) is 3.52. The second-order valence-electron chi connectivity index (χ2n) is 7.46. The second-order valence-corrected chi connectivity index (χ2v) is 8.48. The molecule has 0 saturated carbocycles. The highest BCUT2D eigenvalue weighted by Gasteiger charge is 2.28. The molecule has 7 nitrogen and oxygen atoms in total. The largest absolute Gasteiger partial charge is 0.462 e. The van der Waals surface area contributed by atoms with E-state index in [1.807, 2.05) is 12.1 Å². The van der Waals surface area contributed by atoms with Gasteiger partial charge in [0.15, 0.2) is 0 Å². The van der Waals surface area contributed by atoms with Gasteiger partial charge in [0.2, 0.25) is 5.91 Å². The van der Waals surface area contributed by atoms with Crippen molar-refractivity contribution in [2.75, 3.05) is 39.1 Å². The molecule has 160 valence electrons. The van der Waals surface area contributed by atoms with Crippen LogP contribution < -0.4 is 5.32 Å². The van der Waals surface area contributed by atoms with Crippen LogP contribution in [0, 0.1) is 6.92 Å². The Balaban J connectivity index is 1.78. The topological polar surface area (TPSA) is 79.0 Å². The molecule has 1 aromatic carbocycles. The Hall–Kier alpha value is -2.71. The van der Waals surface area contributed by atoms with Gasteiger partial charge in [-0.2, -0.15) is 0 Å². The Labute approximate surface area is 180 Å². The molecule has 8 heteroatoms. The molecule has 0 unspecified atom stereocenters. The summed E-state index contributed by atoms with van der Waals surface area (Å²) in [5.74, 6) is -0.965. The maximum atomic E-state index is 12.8. The van der Waals surface area contributed by atoms with Crippen molar-refractivity contribution in [3.8, 4) is 0 Å². The van der Waals surface area contributed by atoms with Gasteiger partial charge in [0, 0.05) is 27.2 Å². The zero-order chi connectivity index (χ0) is 21.8. The summed E-state index contributed by atoms with van der Waals surface area (Å²) >= 11 is 1.11. The van der Waals surface area contributed by atoms with E-state index in [4.69, 9.17) is 4.74 Å². The van der Waals surface area contributed by atoms with Crippen LogP contribution in [0.1, 0.15) is 43.6 Å². The minimum atomic E-state index is -0.536. The van der Waals surface area contributed by atoms with Crippen LogP contribution in [0.4, 0.5) is 5.00 Å². The number of hydrogen-bond donors (Lipinski definition) is 1. The summed E-state index contributed by atoms with van der Waals surface area (Å²) in [6.45, 7) is 5.36. The predicted octanol–water partition coefficient (Wildman–Crippen LogP) is 2.93. The Morgan fingerprint density at radius 3 is 2.57 bits per heavy atom. The van der Waals surface area contributed by atoms with Gasteiger partial charge in [0.05, 0.1) is 23.6 Å². The molecule has 0 fully saturated rings. The fraction of sp³-hybridized carbons (Fsp3) is 0.409. The van der Waals surface area contributed by atoms with E-state index >= 15 is 0 Å². The number of benzene rings is 1. The summed E-state index contributed by atoms with van der Waals surface area (Å²) < 4.78 is 5.15. The van der Waals surface area contributed by atoms with Crippen LogP contribution in [0.3, 0.4) is 0 Å². The molecule has 2 aromatic rings. The van der Waals surface area contributed by atoms with Gasteiger partial charge in [-0.05, 0) is 37.0 Å². The van der Waals surface area contributed by atoms with Crippen LogP contribution in [0.2, 0.25) is 0 Å². The molecule has 2 amide bonds.